The Morgan fingerprint density at radius 3 is 2.61 bits per heavy atom. The van der Waals surface area contributed by atoms with Gasteiger partial charge in [-0.15, -0.1) is 0 Å². The average Bonchev–Trinajstić information content (AvgIpc) is 3.07. The SMILES string of the molecule is CC(C)CN(CC(C)(C)CCNC(=O)CO)S(=O)(=O)c1ccc2c(c1)OCO2. The Labute approximate surface area is 166 Å². The van der Waals surface area contributed by atoms with Crippen molar-refractivity contribution < 1.29 is 27.8 Å². The first-order valence-corrected chi connectivity index (χ1v) is 10.8. The third kappa shape index (κ3) is 5.83. The van der Waals surface area contributed by atoms with Crippen LogP contribution in [0.15, 0.2) is 23.1 Å². The van der Waals surface area contributed by atoms with Crippen molar-refractivity contribution in [1.82, 2.24) is 9.62 Å². The molecule has 158 valence electrons. The van der Waals surface area contributed by atoms with Crippen molar-refractivity contribution >= 4 is 15.9 Å². The monoisotopic (exact) mass is 414 g/mol. The number of nitrogens with zero attached hydrogens (tertiary/aromatic N) is 1. The number of sulfonamides is 1. The van der Waals surface area contributed by atoms with Crippen LogP contribution in [-0.4, -0.2) is 56.8 Å². The first-order valence-electron chi connectivity index (χ1n) is 9.32. The summed E-state index contributed by atoms with van der Waals surface area (Å²) in [6.45, 7) is 8.43. The van der Waals surface area contributed by atoms with Gasteiger partial charge in [0.1, 0.15) is 6.61 Å². The molecule has 0 fully saturated rings. The van der Waals surface area contributed by atoms with Gasteiger partial charge in [-0.05, 0) is 29.9 Å². The number of carbonyl (C=O) groups excluding carboxylic acids is 1. The Kier molecular flexibility index (Phi) is 7.30. The molecule has 0 atom stereocenters. The van der Waals surface area contributed by atoms with Gasteiger partial charge in [-0.1, -0.05) is 27.7 Å². The minimum Gasteiger partial charge on any atom is -0.454 e. The number of aliphatic hydroxyl groups is 1. The number of aliphatic hydroxyl groups excluding tert-OH is 1. The maximum absolute atomic E-state index is 13.3. The van der Waals surface area contributed by atoms with E-state index in [0.29, 0.717) is 37.6 Å². The number of nitrogens with one attached hydrogen (secondary N) is 1. The van der Waals surface area contributed by atoms with Gasteiger partial charge in [0.15, 0.2) is 11.5 Å². The minimum atomic E-state index is -3.73. The summed E-state index contributed by atoms with van der Waals surface area (Å²) in [4.78, 5) is 11.4. The number of benzene rings is 1. The van der Waals surface area contributed by atoms with Crippen LogP contribution in [0, 0.1) is 11.3 Å². The van der Waals surface area contributed by atoms with Gasteiger partial charge in [0.25, 0.3) is 0 Å². The van der Waals surface area contributed by atoms with Crippen LogP contribution in [0.3, 0.4) is 0 Å². The van der Waals surface area contributed by atoms with Crippen LogP contribution in [-0.2, 0) is 14.8 Å². The summed E-state index contributed by atoms with van der Waals surface area (Å²) in [5, 5.41) is 11.4. The molecule has 0 saturated carbocycles. The molecule has 1 aliphatic rings. The van der Waals surface area contributed by atoms with Crippen LogP contribution >= 0.6 is 0 Å². The molecule has 1 amide bonds. The Hall–Kier alpha value is -1.84. The fourth-order valence-corrected chi connectivity index (χ4v) is 4.80. The van der Waals surface area contributed by atoms with E-state index in [1.807, 2.05) is 27.7 Å². The molecule has 0 unspecified atom stereocenters. The predicted molar refractivity (Wildman–Crippen MR) is 105 cm³/mol. The van der Waals surface area contributed by atoms with Gasteiger partial charge in [-0.2, -0.15) is 4.31 Å². The van der Waals surface area contributed by atoms with Crippen molar-refractivity contribution in [3.63, 3.8) is 0 Å². The number of hydrogen-bond donors (Lipinski definition) is 2. The molecule has 0 radical (unpaired) electrons. The summed E-state index contributed by atoms with van der Waals surface area (Å²) in [7, 11) is -3.73. The molecule has 9 heteroatoms. The zero-order valence-electron chi connectivity index (χ0n) is 16.9. The second-order valence-corrected chi connectivity index (χ2v) is 10.1. The van der Waals surface area contributed by atoms with E-state index >= 15 is 0 Å². The summed E-state index contributed by atoms with van der Waals surface area (Å²) >= 11 is 0. The number of ether oxygens (including phenoxy) is 2. The zero-order valence-corrected chi connectivity index (χ0v) is 17.7. The van der Waals surface area contributed by atoms with Crippen molar-refractivity contribution in [2.75, 3.05) is 33.0 Å². The lowest BCUT2D eigenvalue weighted by molar-refractivity contribution is -0.123. The zero-order chi connectivity index (χ0) is 20.9. The molecular formula is C19H30N2O6S. The highest BCUT2D eigenvalue weighted by molar-refractivity contribution is 7.89. The Bertz CT molecular complexity index is 792. The van der Waals surface area contributed by atoms with Crippen LogP contribution in [0.1, 0.15) is 34.1 Å². The van der Waals surface area contributed by atoms with Crippen LogP contribution in [0.5, 0.6) is 11.5 Å². The second kappa shape index (κ2) is 9.11. The molecule has 28 heavy (non-hydrogen) atoms. The van der Waals surface area contributed by atoms with E-state index < -0.39 is 22.5 Å². The lowest BCUT2D eigenvalue weighted by Gasteiger charge is -2.33. The van der Waals surface area contributed by atoms with E-state index in [2.05, 4.69) is 5.32 Å². The van der Waals surface area contributed by atoms with E-state index in [-0.39, 0.29) is 23.0 Å². The lowest BCUT2D eigenvalue weighted by Crippen LogP contribution is -2.42. The average molecular weight is 415 g/mol. The van der Waals surface area contributed by atoms with Crippen molar-refractivity contribution in [1.29, 1.82) is 0 Å². The topological polar surface area (TPSA) is 105 Å². The normalized spacial score (nSPS) is 14.0. The summed E-state index contributed by atoms with van der Waals surface area (Å²) in [5.74, 6) is 0.669. The fourth-order valence-electron chi connectivity index (χ4n) is 2.99. The van der Waals surface area contributed by atoms with Gasteiger partial charge in [0, 0.05) is 25.7 Å². The van der Waals surface area contributed by atoms with Crippen LogP contribution in [0.4, 0.5) is 0 Å². The van der Waals surface area contributed by atoms with Gasteiger partial charge in [0.05, 0.1) is 4.90 Å². The maximum atomic E-state index is 13.3. The first-order chi connectivity index (χ1) is 13.0. The number of hydrogen-bond acceptors (Lipinski definition) is 6. The summed E-state index contributed by atoms with van der Waals surface area (Å²) < 4.78 is 38.7. The van der Waals surface area contributed by atoms with Gasteiger partial charge in [0.2, 0.25) is 22.7 Å². The molecule has 0 aromatic heterocycles. The van der Waals surface area contributed by atoms with E-state index in [0.717, 1.165) is 0 Å². The number of amides is 1. The molecular weight excluding hydrogens is 384 g/mol. The maximum Gasteiger partial charge on any atom is 0.245 e. The summed E-state index contributed by atoms with van der Waals surface area (Å²) in [6, 6.07) is 4.64. The number of fused-ring (bicyclic) bond motifs is 1. The van der Waals surface area contributed by atoms with Crippen LogP contribution in [0.2, 0.25) is 0 Å². The van der Waals surface area contributed by atoms with Crippen molar-refractivity contribution in [3.8, 4) is 11.5 Å². The highest BCUT2D eigenvalue weighted by Crippen LogP contribution is 2.35. The Morgan fingerprint density at radius 1 is 1.29 bits per heavy atom. The smallest absolute Gasteiger partial charge is 0.245 e. The third-order valence-electron chi connectivity index (χ3n) is 4.42. The molecule has 0 saturated heterocycles. The molecule has 0 aliphatic carbocycles. The molecule has 2 rings (SSSR count). The second-order valence-electron chi connectivity index (χ2n) is 8.13. The van der Waals surface area contributed by atoms with Gasteiger partial charge < -0.3 is 19.9 Å². The van der Waals surface area contributed by atoms with E-state index in [4.69, 9.17) is 14.6 Å². The fraction of sp³-hybridized carbons (Fsp3) is 0.632. The quantitative estimate of drug-likeness (QED) is 0.602. The van der Waals surface area contributed by atoms with E-state index in [9.17, 15) is 13.2 Å². The van der Waals surface area contributed by atoms with Crippen molar-refractivity contribution in [2.24, 2.45) is 11.3 Å². The van der Waals surface area contributed by atoms with E-state index in [1.165, 1.54) is 16.4 Å². The largest absolute Gasteiger partial charge is 0.454 e. The lowest BCUT2D eigenvalue weighted by atomic mass is 9.89. The molecule has 8 nitrogen and oxygen atoms in total. The first kappa shape index (κ1) is 22.4. The molecule has 0 bridgehead atoms. The van der Waals surface area contributed by atoms with Crippen molar-refractivity contribution in [3.05, 3.63) is 18.2 Å². The molecule has 0 spiro atoms. The van der Waals surface area contributed by atoms with E-state index in [1.54, 1.807) is 6.07 Å². The molecule has 1 aromatic carbocycles. The Morgan fingerprint density at radius 2 is 1.96 bits per heavy atom. The minimum absolute atomic E-state index is 0.0845. The third-order valence-corrected chi connectivity index (χ3v) is 6.23. The highest BCUT2D eigenvalue weighted by Gasteiger charge is 2.32. The molecule has 1 aliphatic heterocycles. The van der Waals surface area contributed by atoms with Crippen LogP contribution in [0.25, 0.3) is 0 Å². The molecule has 2 N–H and O–H groups in total. The number of rotatable bonds is 10. The van der Waals surface area contributed by atoms with Gasteiger partial charge >= 0.3 is 0 Å². The predicted octanol–water partition coefficient (Wildman–Crippen LogP) is 1.59. The molecule has 1 heterocycles. The van der Waals surface area contributed by atoms with Gasteiger partial charge in [-0.3, -0.25) is 4.79 Å². The standard InChI is InChI=1S/C19H30N2O6S/c1-14(2)10-21(12-19(3,4)7-8-20-18(23)11-22)28(24,25)15-5-6-16-17(9-15)27-13-26-16/h5-6,9,14,22H,7-8,10-13H2,1-4H3,(H,20,23). The molecule has 1 aromatic rings. The summed E-state index contributed by atoms with van der Waals surface area (Å²) in [6.07, 6.45) is 0.573. The van der Waals surface area contributed by atoms with Gasteiger partial charge in [-0.25, -0.2) is 8.42 Å². The number of carbonyl (C=O) groups is 1. The van der Waals surface area contributed by atoms with Crippen LogP contribution < -0.4 is 14.8 Å². The van der Waals surface area contributed by atoms with Crippen molar-refractivity contribution in [2.45, 2.75) is 39.0 Å². The highest BCUT2D eigenvalue weighted by atomic mass is 32.2. The Balaban J connectivity index is 2.18. The summed E-state index contributed by atoms with van der Waals surface area (Å²) in [5.41, 5.74) is -0.374.